The molecule has 0 spiro atoms. The topological polar surface area (TPSA) is 12.9 Å². The molecule has 1 aromatic heterocycles. The Morgan fingerprint density at radius 3 is 2.30 bits per heavy atom. The number of hydrogen-bond acceptors (Lipinski definition) is 1. The van der Waals surface area contributed by atoms with E-state index in [1.54, 1.807) is 12.1 Å². The van der Waals surface area contributed by atoms with E-state index >= 15 is 0 Å². The van der Waals surface area contributed by atoms with Gasteiger partial charge in [0.1, 0.15) is 5.82 Å². The second kappa shape index (κ2) is 6.11. The monoisotopic (exact) mass is 307 g/mol. The number of aryl methyl sites for hydroxylation is 2. The molecule has 3 rings (SSSR count). The van der Waals surface area contributed by atoms with Crippen molar-refractivity contribution in [2.75, 3.05) is 0 Å². The van der Waals surface area contributed by atoms with Crippen LogP contribution in [-0.4, -0.2) is 4.98 Å². The van der Waals surface area contributed by atoms with Gasteiger partial charge >= 0.3 is 0 Å². The molecule has 2 heteroatoms. The number of fused-ring (bicyclic) bond motifs is 1. The molecule has 0 saturated heterocycles. The van der Waals surface area contributed by atoms with Crippen molar-refractivity contribution < 1.29 is 4.39 Å². The maximum absolute atomic E-state index is 13.7. The van der Waals surface area contributed by atoms with Gasteiger partial charge in [-0.1, -0.05) is 31.0 Å². The van der Waals surface area contributed by atoms with Crippen molar-refractivity contribution in [2.24, 2.45) is 5.92 Å². The zero-order valence-electron chi connectivity index (χ0n) is 14.2. The highest BCUT2D eigenvalue weighted by Gasteiger charge is 2.10. The van der Waals surface area contributed by atoms with E-state index in [0.717, 1.165) is 28.6 Å². The lowest BCUT2D eigenvalue weighted by molar-refractivity contribution is 0.628. The first-order valence-corrected chi connectivity index (χ1v) is 8.10. The molecule has 1 heterocycles. The molecule has 0 bridgehead atoms. The van der Waals surface area contributed by atoms with Crippen LogP contribution in [0.1, 0.15) is 30.5 Å². The lowest BCUT2D eigenvalue weighted by atomic mass is 9.96. The summed E-state index contributed by atoms with van der Waals surface area (Å²) in [7, 11) is 0. The second-order valence-corrected chi connectivity index (χ2v) is 6.80. The zero-order valence-corrected chi connectivity index (χ0v) is 14.2. The molecule has 118 valence electrons. The smallest absolute Gasteiger partial charge is 0.123 e. The summed E-state index contributed by atoms with van der Waals surface area (Å²) in [6.45, 7) is 8.56. The highest BCUT2D eigenvalue weighted by Crippen LogP contribution is 2.28. The molecule has 2 aromatic carbocycles. The predicted molar refractivity (Wildman–Crippen MR) is 95.2 cm³/mol. The Bertz CT molecular complexity index is 845. The van der Waals surface area contributed by atoms with Gasteiger partial charge < -0.3 is 0 Å². The van der Waals surface area contributed by atoms with E-state index in [9.17, 15) is 4.39 Å². The van der Waals surface area contributed by atoms with Crippen LogP contribution in [0.25, 0.3) is 22.2 Å². The van der Waals surface area contributed by atoms with Gasteiger partial charge in [-0.25, -0.2) is 9.37 Å². The lowest BCUT2D eigenvalue weighted by Crippen LogP contribution is -1.99. The standard InChI is InChI=1S/C21H22FN/c1-13(2)7-16-11-21(17-9-14(3)8-15(4)10-17)23-20-6-5-18(22)12-19(16)20/h5-6,8-13H,7H2,1-4H3. The maximum atomic E-state index is 13.7. The zero-order chi connectivity index (χ0) is 16.6. The van der Waals surface area contributed by atoms with Crippen LogP contribution >= 0.6 is 0 Å². The van der Waals surface area contributed by atoms with E-state index in [-0.39, 0.29) is 5.82 Å². The van der Waals surface area contributed by atoms with Crippen molar-refractivity contribution in [3.63, 3.8) is 0 Å². The van der Waals surface area contributed by atoms with Gasteiger partial charge in [0.2, 0.25) is 0 Å². The molecule has 0 amide bonds. The summed E-state index contributed by atoms with van der Waals surface area (Å²) in [5.41, 5.74) is 6.57. The van der Waals surface area contributed by atoms with Crippen molar-refractivity contribution in [3.8, 4) is 11.3 Å². The summed E-state index contributed by atoms with van der Waals surface area (Å²) in [6, 6.07) is 13.5. The molecule has 0 unspecified atom stereocenters. The molecule has 0 saturated carbocycles. The number of rotatable bonds is 3. The van der Waals surface area contributed by atoms with Crippen LogP contribution in [0.15, 0.2) is 42.5 Å². The molecule has 0 aliphatic rings. The fourth-order valence-corrected chi connectivity index (χ4v) is 3.15. The fraction of sp³-hybridized carbons (Fsp3) is 0.286. The molecule has 0 aliphatic carbocycles. The third-order valence-electron chi connectivity index (χ3n) is 4.00. The lowest BCUT2D eigenvalue weighted by Gasteiger charge is -2.13. The van der Waals surface area contributed by atoms with Gasteiger partial charge in [-0.15, -0.1) is 0 Å². The van der Waals surface area contributed by atoms with Crippen LogP contribution in [0, 0.1) is 25.6 Å². The van der Waals surface area contributed by atoms with Crippen LogP contribution in [0.2, 0.25) is 0 Å². The molecule has 23 heavy (non-hydrogen) atoms. The Balaban J connectivity index is 2.23. The van der Waals surface area contributed by atoms with Crippen molar-refractivity contribution in [1.29, 1.82) is 0 Å². The van der Waals surface area contributed by atoms with Gasteiger partial charge in [-0.05, 0) is 68.1 Å². The Labute approximate surface area is 137 Å². The van der Waals surface area contributed by atoms with E-state index in [4.69, 9.17) is 4.98 Å². The van der Waals surface area contributed by atoms with Gasteiger partial charge in [0.15, 0.2) is 0 Å². The largest absolute Gasteiger partial charge is 0.248 e. The second-order valence-electron chi connectivity index (χ2n) is 6.80. The van der Waals surface area contributed by atoms with E-state index in [0.29, 0.717) is 5.92 Å². The number of benzene rings is 2. The van der Waals surface area contributed by atoms with Gasteiger partial charge in [-0.3, -0.25) is 0 Å². The third-order valence-corrected chi connectivity index (χ3v) is 4.00. The SMILES string of the molecule is Cc1cc(C)cc(-c2cc(CC(C)C)c3cc(F)ccc3n2)c1. The van der Waals surface area contributed by atoms with Crippen LogP contribution in [0.5, 0.6) is 0 Å². The average Bonchev–Trinajstić information content (AvgIpc) is 2.46. The molecule has 0 aliphatic heterocycles. The molecular formula is C21H22FN. The van der Waals surface area contributed by atoms with Gasteiger partial charge in [-0.2, -0.15) is 0 Å². The van der Waals surface area contributed by atoms with E-state index in [1.807, 2.05) is 0 Å². The highest BCUT2D eigenvalue weighted by atomic mass is 19.1. The summed E-state index contributed by atoms with van der Waals surface area (Å²) in [6.07, 6.45) is 0.917. The van der Waals surface area contributed by atoms with Crippen LogP contribution < -0.4 is 0 Å². The summed E-state index contributed by atoms with van der Waals surface area (Å²) in [4.78, 5) is 4.77. The molecular weight excluding hydrogens is 285 g/mol. The molecule has 1 nitrogen and oxygen atoms in total. The van der Waals surface area contributed by atoms with Gasteiger partial charge in [0.05, 0.1) is 11.2 Å². The first kappa shape index (κ1) is 15.7. The van der Waals surface area contributed by atoms with Crippen molar-refractivity contribution in [1.82, 2.24) is 4.98 Å². The number of pyridine rings is 1. The van der Waals surface area contributed by atoms with Crippen LogP contribution in [-0.2, 0) is 6.42 Å². The molecule has 0 atom stereocenters. The van der Waals surface area contributed by atoms with E-state index in [1.165, 1.54) is 22.8 Å². The van der Waals surface area contributed by atoms with E-state index in [2.05, 4.69) is 52.0 Å². The Morgan fingerprint density at radius 2 is 1.65 bits per heavy atom. The molecule has 0 radical (unpaired) electrons. The van der Waals surface area contributed by atoms with Crippen molar-refractivity contribution in [2.45, 2.75) is 34.1 Å². The summed E-state index contributed by atoms with van der Waals surface area (Å²) in [5, 5.41) is 0.923. The summed E-state index contributed by atoms with van der Waals surface area (Å²) in [5.74, 6) is 0.305. The number of halogens is 1. The summed E-state index contributed by atoms with van der Waals surface area (Å²) >= 11 is 0. The minimum atomic E-state index is -0.205. The Morgan fingerprint density at radius 1 is 0.957 bits per heavy atom. The third kappa shape index (κ3) is 3.42. The first-order chi connectivity index (χ1) is 10.9. The Kier molecular flexibility index (Phi) is 4.16. The Hall–Kier alpha value is -2.22. The van der Waals surface area contributed by atoms with Gasteiger partial charge in [0.25, 0.3) is 0 Å². The number of hydrogen-bond donors (Lipinski definition) is 0. The minimum Gasteiger partial charge on any atom is -0.248 e. The predicted octanol–water partition coefficient (Wildman–Crippen LogP) is 5.86. The van der Waals surface area contributed by atoms with Crippen molar-refractivity contribution >= 4 is 10.9 Å². The molecule has 0 fully saturated rings. The molecule has 0 N–H and O–H groups in total. The van der Waals surface area contributed by atoms with Gasteiger partial charge in [0, 0.05) is 10.9 Å². The van der Waals surface area contributed by atoms with Crippen LogP contribution in [0.4, 0.5) is 4.39 Å². The number of nitrogens with zero attached hydrogens (tertiary/aromatic N) is 1. The quantitative estimate of drug-likeness (QED) is 0.591. The molecule has 3 aromatic rings. The first-order valence-electron chi connectivity index (χ1n) is 8.10. The average molecular weight is 307 g/mol. The highest BCUT2D eigenvalue weighted by molar-refractivity contribution is 5.85. The van der Waals surface area contributed by atoms with E-state index < -0.39 is 0 Å². The summed E-state index contributed by atoms with van der Waals surface area (Å²) < 4.78 is 13.7. The number of aromatic nitrogens is 1. The maximum Gasteiger partial charge on any atom is 0.123 e. The normalized spacial score (nSPS) is 11.4. The fourth-order valence-electron chi connectivity index (χ4n) is 3.15. The van der Waals surface area contributed by atoms with Crippen molar-refractivity contribution in [3.05, 3.63) is 65.0 Å². The van der Waals surface area contributed by atoms with Crippen LogP contribution in [0.3, 0.4) is 0 Å². The minimum absolute atomic E-state index is 0.205.